The number of carbonyl (C=O) groups is 3. The van der Waals surface area contributed by atoms with E-state index in [0.717, 1.165) is 22.6 Å². The Morgan fingerprint density at radius 3 is 2.47 bits per heavy atom. The maximum Gasteiger partial charge on any atom is 0.288 e. The summed E-state index contributed by atoms with van der Waals surface area (Å²) in [7, 11) is 0. The van der Waals surface area contributed by atoms with Crippen LogP contribution in [0.1, 0.15) is 33.7 Å². The van der Waals surface area contributed by atoms with E-state index in [4.69, 9.17) is 0 Å². The normalized spacial score (nSPS) is 15.8. The fourth-order valence-corrected chi connectivity index (χ4v) is 4.43. The summed E-state index contributed by atoms with van der Waals surface area (Å²) in [6, 6.07) is 24.4. The van der Waals surface area contributed by atoms with Crippen LogP contribution in [0.5, 0.6) is 0 Å². The van der Waals surface area contributed by atoms with Crippen molar-refractivity contribution in [2.45, 2.75) is 12.8 Å². The van der Waals surface area contributed by atoms with Gasteiger partial charge in [0.1, 0.15) is 5.69 Å². The number of amides is 3. The van der Waals surface area contributed by atoms with Crippen LogP contribution in [-0.2, 0) is 4.79 Å². The first-order valence-electron chi connectivity index (χ1n) is 11.3. The Labute approximate surface area is 196 Å². The van der Waals surface area contributed by atoms with Crippen LogP contribution in [0.25, 0.3) is 21.7 Å². The van der Waals surface area contributed by atoms with Gasteiger partial charge in [0, 0.05) is 24.0 Å². The van der Waals surface area contributed by atoms with Crippen molar-refractivity contribution in [2.75, 3.05) is 13.1 Å². The highest BCUT2D eigenvalue weighted by Gasteiger charge is 2.29. The summed E-state index contributed by atoms with van der Waals surface area (Å²) in [5.41, 5.74) is 6.52. The van der Waals surface area contributed by atoms with Gasteiger partial charge in [-0.15, -0.1) is 0 Å². The lowest BCUT2D eigenvalue weighted by Gasteiger charge is -2.32. The fraction of sp³-hybridized carbons (Fsp3) is 0.185. The molecule has 34 heavy (non-hydrogen) atoms. The number of piperidine rings is 1. The molecule has 3 amide bonds. The van der Waals surface area contributed by atoms with Gasteiger partial charge in [-0.3, -0.25) is 25.2 Å². The van der Waals surface area contributed by atoms with Crippen LogP contribution < -0.4 is 10.9 Å². The summed E-state index contributed by atoms with van der Waals surface area (Å²) in [6.45, 7) is 0.900. The lowest BCUT2D eigenvalue weighted by molar-refractivity contribution is -0.127. The molecule has 0 saturated carbocycles. The molecule has 0 bridgehead atoms. The minimum Gasteiger partial charge on any atom is -0.338 e. The predicted molar refractivity (Wildman–Crippen MR) is 130 cm³/mol. The van der Waals surface area contributed by atoms with E-state index in [1.54, 1.807) is 11.0 Å². The lowest BCUT2D eigenvalue weighted by Crippen LogP contribution is -2.50. The van der Waals surface area contributed by atoms with Gasteiger partial charge in [-0.2, -0.15) is 0 Å². The molecule has 3 aromatic carbocycles. The van der Waals surface area contributed by atoms with Gasteiger partial charge < -0.3 is 4.90 Å². The number of aromatic nitrogens is 1. The van der Waals surface area contributed by atoms with Crippen LogP contribution >= 0.6 is 0 Å². The van der Waals surface area contributed by atoms with Gasteiger partial charge in [0.25, 0.3) is 11.8 Å². The van der Waals surface area contributed by atoms with Crippen LogP contribution in [-0.4, -0.2) is 40.7 Å². The molecule has 0 aliphatic carbocycles. The van der Waals surface area contributed by atoms with Crippen LogP contribution in [0.4, 0.5) is 0 Å². The molecule has 1 atom stereocenters. The second kappa shape index (κ2) is 9.31. The van der Waals surface area contributed by atoms with Crippen molar-refractivity contribution in [1.82, 2.24) is 20.7 Å². The molecule has 2 heterocycles. The molecule has 1 saturated heterocycles. The fourth-order valence-electron chi connectivity index (χ4n) is 4.43. The van der Waals surface area contributed by atoms with E-state index in [-0.39, 0.29) is 17.5 Å². The molecule has 7 nitrogen and oxygen atoms in total. The molecule has 5 rings (SSSR count). The topological polar surface area (TPSA) is 91.4 Å². The maximum absolute atomic E-state index is 13.3. The monoisotopic (exact) mass is 452 g/mol. The Bertz CT molecular complexity index is 1400. The van der Waals surface area contributed by atoms with Crippen molar-refractivity contribution < 1.29 is 14.4 Å². The Hall–Kier alpha value is -4.26. The first-order valence-corrected chi connectivity index (χ1v) is 11.3. The first-order chi connectivity index (χ1) is 16.6. The Kier molecular flexibility index (Phi) is 5.91. The maximum atomic E-state index is 13.3. The summed E-state index contributed by atoms with van der Waals surface area (Å²) in [5.74, 6) is -1.29. The number of fused-ring (bicyclic) bond motifs is 2. The predicted octanol–water partition coefficient (Wildman–Crippen LogP) is 3.70. The zero-order valence-electron chi connectivity index (χ0n) is 18.5. The summed E-state index contributed by atoms with van der Waals surface area (Å²) < 4.78 is 0. The Morgan fingerprint density at radius 1 is 0.824 bits per heavy atom. The summed E-state index contributed by atoms with van der Waals surface area (Å²) in [5, 5.41) is 2.84. The van der Waals surface area contributed by atoms with Gasteiger partial charge in [0.2, 0.25) is 5.91 Å². The van der Waals surface area contributed by atoms with Crippen LogP contribution in [0.15, 0.2) is 78.9 Å². The molecule has 2 N–H and O–H groups in total. The van der Waals surface area contributed by atoms with Crippen molar-refractivity contribution in [3.63, 3.8) is 0 Å². The highest BCUT2D eigenvalue weighted by Crippen LogP contribution is 2.23. The van der Waals surface area contributed by atoms with E-state index in [0.29, 0.717) is 30.6 Å². The van der Waals surface area contributed by atoms with E-state index in [9.17, 15) is 14.4 Å². The number of rotatable bonds is 3. The summed E-state index contributed by atoms with van der Waals surface area (Å²) >= 11 is 0. The molecule has 0 spiro atoms. The molecule has 7 heteroatoms. The van der Waals surface area contributed by atoms with Gasteiger partial charge in [-0.05, 0) is 41.8 Å². The number of benzene rings is 3. The average Bonchev–Trinajstić information content (AvgIpc) is 2.90. The molecule has 1 unspecified atom stereocenters. The van der Waals surface area contributed by atoms with Gasteiger partial charge in [-0.25, -0.2) is 4.98 Å². The third-order valence-corrected chi connectivity index (χ3v) is 6.23. The summed E-state index contributed by atoms with van der Waals surface area (Å²) in [6.07, 6.45) is 1.37. The largest absolute Gasteiger partial charge is 0.338 e. The van der Waals surface area contributed by atoms with Gasteiger partial charge in [-0.1, -0.05) is 60.7 Å². The third kappa shape index (κ3) is 4.32. The molecule has 1 aromatic heterocycles. The van der Waals surface area contributed by atoms with Crippen LogP contribution in [0, 0.1) is 5.92 Å². The standard InChI is InChI=1S/C27H24N4O3/c32-25(29-30-26(33)24-15-14-19-8-2-4-13-23(19)28-24)20-10-6-16-31(17-20)27(34)22-12-5-9-18-7-1-3-11-21(18)22/h1-5,7-9,11-15,20H,6,10,16-17H2,(H,29,32)(H,30,33). The second-order valence-electron chi connectivity index (χ2n) is 8.45. The van der Waals surface area contributed by atoms with Gasteiger partial charge in [0.05, 0.1) is 11.4 Å². The molecular formula is C27H24N4O3. The Morgan fingerprint density at radius 2 is 1.59 bits per heavy atom. The van der Waals surface area contributed by atoms with E-state index >= 15 is 0 Å². The zero-order chi connectivity index (χ0) is 23.5. The number of hydrazine groups is 1. The van der Waals surface area contributed by atoms with E-state index in [1.807, 2.05) is 72.8 Å². The van der Waals surface area contributed by atoms with Gasteiger partial charge >= 0.3 is 0 Å². The Balaban J connectivity index is 1.23. The number of hydrogen-bond donors (Lipinski definition) is 2. The average molecular weight is 453 g/mol. The van der Waals surface area contributed by atoms with Gasteiger partial charge in [0.15, 0.2) is 0 Å². The number of nitrogens with zero attached hydrogens (tertiary/aromatic N) is 2. The van der Waals surface area contributed by atoms with Crippen molar-refractivity contribution in [3.8, 4) is 0 Å². The molecule has 1 fully saturated rings. The number of pyridine rings is 1. The summed E-state index contributed by atoms with van der Waals surface area (Å²) in [4.78, 5) is 44.6. The second-order valence-corrected chi connectivity index (χ2v) is 8.45. The highest BCUT2D eigenvalue weighted by atomic mass is 16.2. The van der Waals surface area contributed by atoms with Crippen molar-refractivity contribution in [3.05, 3.63) is 90.1 Å². The third-order valence-electron chi connectivity index (χ3n) is 6.23. The molecule has 1 aliphatic rings. The van der Waals surface area contributed by atoms with Crippen LogP contribution in [0.3, 0.4) is 0 Å². The minimum absolute atomic E-state index is 0.0845. The smallest absolute Gasteiger partial charge is 0.288 e. The molecule has 0 radical (unpaired) electrons. The van der Waals surface area contributed by atoms with Crippen molar-refractivity contribution in [1.29, 1.82) is 0 Å². The number of likely N-dealkylation sites (tertiary alicyclic amines) is 1. The molecule has 170 valence electrons. The number of carbonyl (C=O) groups excluding carboxylic acids is 3. The minimum atomic E-state index is -0.487. The highest BCUT2D eigenvalue weighted by molar-refractivity contribution is 6.07. The SMILES string of the molecule is O=C(NNC(=O)C1CCCN(C(=O)c2cccc3ccccc23)C1)c1ccc2ccccc2n1. The molecule has 1 aliphatic heterocycles. The lowest BCUT2D eigenvalue weighted by atomic mass is 9.96. The number of nitrogens with one attached hydrogen (secondary N) is 2. The van der Waals surface area contributed by atoms with E-state index < -0.39 is 11.8 Å². The van der Waals surface area contributed by atoms with Crippen molar-refractivity contribution >= 4 is 39.4 Å². The zero-order valence-corrected chi connectivity index (χ0v) is 18.5. The first kappa shape index (κ1) is 21.6. The molecule has 4 aromatic rings. The quantitative estimate of drug-likeness (QED) is 0.464. The van der Waals surface area contributed by atoms with E-state index in [2.05, 4.69) is 15.8 Å². The van der Waals surface area contributed by atoms with Crippen LogP contribution in [0.2, 0.25) is 0 Å². The number of para-hydroxylation sites is 1. The van der Waals surface area contributed by atoms with E-state index in [1.165, 1.54) is 0 Å². The van der Waals surface area contributed by atoms with Crippen molar-refractivity contribution in [2.24, 2.45) is 5.92 Å². The number of hydrogen-bond acceptors (Lipinski definition) is 4. The molecular weight excluding hydrogens is 428 g/mol.